The van der Waals surface area contributed by atoms with Gasteiger partial charge in [0.25, 0.3) is 0 Å². The quantitative estimate of drug-likeness (QED) is 0.722. The van der Waals surface area contributed by atoms with Gasteiger partial charge in [0.2, 0.25) is 15.9 Å². The van der Waals surface area contributed by atoms with Crippen LogP contribution in [0.3, 0.4) is 0 Å². The van der Waals surface area contributed by atoms with Crippen LogP contribution in [0.1, 0.15) is 36.2 Å². The number of benzene rings is 1. The zero-order chi connectivity index (χ0) is 21.0. The summed E-state index contributed by atoms with van der Waals surface area (Å²) in [4.78, 5) is 14.6. The number of likely N-dealkylation sites (tertiary alicyclic amines) is 1. The highest BCUT2D eigenvalue weighted by Crippen LogP contribution is 2.21. The molecule has 2 aromatic rings. The van der Waals surface area contributed by atoms with Crippen LogP contribution in [0.25, 0.3) is 0 Å². The van der Waals surface area contributed by atoms with Gasteiger partial charge in [-0.3, -0.25) is 9.48 Å². The standard InChI is InChI=1S/C21H30N4O3S/c1-17-14-18(2)25(22-17)15-21(26)24-12-7-10-20(11-13-24)23(3)29(27,28)16-19-8-5-4-6-9-19/h4-6,8-9,14,20H,7,10-13,15-16H2,1-3H3. The second-order valence-corrected chi connectivity index (χ2v) is 9.84. The molecule has 0 spiro atoms. The Hall–Kier alpha value is -2.19. The molecule has 29 heavy (non-hydrogen) atoms. The van der Waals surface area contributed by atoms with E-state index in [1.54, 1.807) is 11.7 Å². The molecule has 1 aromatic heterocycles. The highest BCUT2D eigenvalue weighted by Gasteiger charge is 2.29. The number of aromatic nitrogens is 2. The molecule has 7 nitrogen and oxygen atoms in total. The van der Waals surface area contributed by atoms with Crippen molar-refractivity contribution in [3.05, 3.63) is 53.3 Å². The van der Waals surface area contributed by atoms with Crippen molar-refractivity contribution < 1.29 is 13.2 Å². The van der Waals surface area contributed by atoms with Gasteiger partial charge in [-0.15, -0.1) is 0 Å². The van der Waals surface area contributed by atoms with Gasteiger partial charge in [0.05, 0.1) is 11.4 Å². The fourth-order valence-electron chi connectivity index (χ4n) is 3.87. The predicted molar refractivity (Wildman–Crippen MR) is 113 cm³/mol. The lowest BCUT2D eigenvalue weighted by Gasteiger charge is -2.27. The Morgan fingerprint density at radius 1 is 1.17 bits per heavy atom. The summed E-state index contributed by atoms with van der Waals surface area (Å²) < 4.78 is 28.9. The molecule has 158 valence electrons. The monoisotopic (exact) mass is 418 g/mol. The molecule has 1 fully saturated rings. The molecule has 1 amide bonds. The maximum atomic E-state index is 12.8. The summed E-state index contributed by atoms with van der Waals surface area (Å²) in [6.45, 7) is 5.30. The van der Waals surface area contributed by atoms with Crippen molar-refractivity contribution in [1.82, 2.24) is 19.0 Å². The minimum atomic E-state index is -3.40. The van der Waals surface area contributed by atoms with Crippen molar-refractivity contribution in [3.8, 4) is 0 Å². The van der Waals surface area contributed by atoms with E-state index in [4.69, 9.17) is 0 Å². The Morgan fingerprint density at radius 2 is 1.90 bits per heavy atom. The molecule has 8 heteroatoms. The molecule has 3 rings (SSSR count). The first kappa shape index (κ1) is 21.5. The predicted octanol–water partition coefficient (Wildman–Crippen LogP) is 2.34. The maximum Gasteiger partial charge on any atom is 0.244 e. The van der Waals surface area contributed by atoms with E-state index in [9.17, 15) is 13.2 Å². The van der Waals surface area contributed by atoms with E-state index in [1.807, 2.05) is 55.1 Å². The SMILES string of the molecule is Cc1cc(C)n(CC(=O)N2CCCC(N(C)S(=O)(=O)Cc3ccccc3)CC2)n1. The third-order valence-electron chi connectivity index (χ3n) is 5.58. The van der Waals surface area contributed by atoms with Crippen molar-refractivity contribution in [1.29, 1.82) is 0 Å². The van der Waals surface area contributed by atoms with Crippen LogP contribution in [0.15, 0.2) is 36.4 Å². The van der Waals surface area contributed by atoms with Crippen LogP contribution in [0, 0.1) is 13.8 Å². The van der Waals surface area contributed by atoms with Gasteiger partial charge in [-0.25, -0.2) is 12.7 Å². The van der Waals surface area contributed by atoms with Crippen molar-refractivity contribution >= 4 is 15.9 Å². The molecule has 0 bridgehead atoms. The van der Waals surface area contributed by atoms with Crippen LogP contribution in [-0.2, 0) is 27.1 Å². The molecule has 2 heterocycles. The van der Waals surface area contributed by atoms with E-state index < -0.39 is 10.0 Å². The fourth-order valence-corrected chi connectivity index (χ4v) is 5.35. The maximum absolute atomic E-state index is 12.8. The van der Waals surface area contributed by atoms with E-state index in [1.165, 1.54) is 4.31 Å². The average Bonchev–Trinajstić information content (AvgIpc) is 2.86. The Morgan fingerprint density at radius 3 is 2.55 bits per heavy atom. The summed E-state index contributed by atoms with van der Waals surface area (Å²) in [5, 5.41) is 4.37. The van der Waals surface area contributed by atoms with E-state index >= 15 is 0 Å². The number of carbonyl (C=O) groups excluding carboxylic acids is 1. The first-order chi connectivity index (χ1) is 13.8. The Labute approximate surface area is 173 Å². The van der Waals surface area contributed by atoms with Gasteiger partial charge in [0.1, 0.15) is 6.54 Å². The van der Waals surface area contributed by atoms with Crippen molar-refractivity contribution in [2.45, 2.75) is 51.4 Å². The topological polar surface area (TPSA) is 75.5 Å². The third-order valence-corrected chi connectivity index (χ3v) is 7.46. The summed E-state index contributed by atoms with van der Waals surface area (Å²) in [7, 11) is -1.74. The minimum absolute atomic E-state index is 0.00140. The van der Waals surface area contributed by atoms with Gasteiger partial charge in [0.15, 0.2) is 0 Å². The summed E-state index contributed by atoms with van der Waals surface area (Å²) in [5.41, 5.74) is 2.65. The number of sulfonamides is 1. The molecule has 1 unspecified atom stereocenters. The molecular formula is C21H30N4O3S. The fraction of sp³-hybridized carbons (Fsp3) is 0.524. The molecule has 1 aliphatic rings. The van der Waals surface area contributed by atoms with E-state index in [2.05, 4.69) is 5.10 Å². The Balaban J connectivity index is 1.60. The molecule has 1 aliphatic heterocycles. The van der Waals surface area contributed by atoms with Gasteiger partial charge in [-0.1, -0.05) is 30.3 Å². The van der Waals surface area contributed by atoms with Crippen LogP contribution in [0.4, 0.5) is 0 Å². The lowest BCUT2D eigenvalue weighted by molar-refractivity contribution is -0.132. The summed E-state index contributed by atoms with van der Waals surface area (Å²) in [6, 6.07) is 11.1. The molecule has 1 aromatic carbocycles. The van der Waals surface area contributed by atoms with Crippen molar-refractivity contribution in [3.63, 3.8) is 0 Å². The number of rotatable bonds is 6. The third kappa shape index (κ3) is 5.45. The molecular weight excluding hydrogens is 388 g/mol. The number of amides is 1. The molecule has 0 N–H and O–H groups in total. The lowest BCUT2D eigenvalue weighted by atomic mass is 10.1. The molecule has 0 radical (unpaired) electrons. The Kier molecular flexibility index (Phi) is 6.74. The van der Waals surface area contributed by atoms with Gasteiger partial charge in [-0.2, -0.15) is 5.10 Å². The summed E-state index contributed by atoms with van der Waals surface area (Å²) >= 11 is 0. The van der Waals surface area contributed by atoms with Crippen LogP contribution in [-0.4, -0.2) is 59.5 Å². The molecule has 1 saturated heterocycles. The zero-order valence-electron chi connectivity index (χ0n) is 17.4. The normalized spacial score (nSPS) is 18.1. The van der Waals surface area contributed by atoms with Crippen LogP contribution < -0.4 is 0 Å². The zero-order valence-corrected chi connectivity index (χ0v) is 18.2. The minimum Gasteiger partial charge on any atom is -0.341 e. The first-order valence-electron chi connectivity index (χ1n) is 10.0. The number of nitrogens with zero attached hydrogens (tertiary/aromatic N) is 4. The van der Waals surface area contributed by atoms with Crippen LogP contribution >= 0.6 is 0 Å². The van der Waals surface area contributed by atoms with Gasteiger partial charge < -0.3 is 4.90 Å². The van der Waals surface area contributed by atoms with E-state index in [0.29, 0.717) is 19.5 Å². The highest BCUT2D eigenvalue weighted by molar-refractivity contribution is 7.88. The highest BCUT2D eigenvalue weighted by atomic mass is 32.2. The Bertz CT molecular complexity index is 940. The number of hydrogen-bond acceptors (Lipinski definition) is 4. The summed E-state index contributed by atoms with van der Waals surface area (Å²) in [6.07, 6.45) is 2.19. The van der Waals surface area contributed by atoms with Crippen molar-refractivity contribution in [2.24, 2.45) is 0 Å². The molecule has 1 atom stereocenters. The van der Waals surface area contributed by atoms with Crippen LogP contribution in [0.2, 0.25) is 0 Å². The molecule has 0 saturated carbocycles. The second kappa shape index (κ2) is 9.09. The largest absolute Gasteiger partial charge is 0.341 e. The first-order valence-corrected chi connectivity index (χ1v) is 11.7. The number of aryl methyl sites for hydroxylation is 2. The van der Waals surface area contributed by atoms with E-state index in [-0.39, 0.29) is 24.2 Å². The smallest absolute Gasteiger partial charge is 0.244 e. The van der Waals surface area contributed by atoms with Crippen LogP contribution in [0.5, 0.6) is 0 Å². The molecule has 0 aliphatic carbocycles. The average molecular weight is 419 g/mol. The number of hydrogen-bond donors (Lipinski definition) is 0. The second-order valence-electron chi connectivity index (χ2n) is 7.81. The number of carbonyl (C=O) groups is 1. The van der Waals surface area contributed by atoms with Gasteiger partial charge in [-0.05, 0) is 44.7 Å². The van der Waals surface area contributed by atoms with E-state index in [0.717, 1.165) is 29.8 Å². The summed E-state index contributed by atoms with van der Waals surface area (Å²) in [5.74, 6) is 0.0353. The van der Waals surface area contributed by atoms with Gasteiger partial charge in [0, 0.05) is 31.9 Å². The van der Waals surface area contributed by atoms with Gasteiger partial charge >= 0.3 is 0 Å². The lowest BCUT2D eigenvalue weighted by Crippen LogP contribution is -2.39. The van der Waals surface area contributed by atoms with Crippen molar-refractivity contribution in [2.75, 3.05) is 20.1 Å².